The molecule has 0 bridgehead atoms. The number of aromatic nitrogens is 5. The van der Waals surface area contributed by atoms with Crippen LogP contribution < -0.4 is 0 Å². The Labute approximate surface area is 88.6 Å². The maximum atomic E-state index is 11.4. The average molecular weight is 225 g/mol. The van der Waals surface area contributed by atoms with E-state index >= 15 is 0 Å². The summed E-state index contributed by atoms with van der Waals surface area (Å²) < 4.78 is 8.50. The fraction of sp³-hybridized carbons (Fsp3) is 0.286. The van der Waals surface area contributed by atoms with E-state index in [1.165, 1.54) is 11.5 Å². The molecule has 7 nitrogen and oxygen atoms in total. The van der Waals surface area contributed by atoms with Gasteiger partial charge in [0, 0.05) is 5.38 Å². The summed E-state index contributed by atoms with van der Waals surface area (Å²) in [5, 5.41) is 15.4. The molecule has 8 heteroatoms. The predicted octanol–water partition coefficient (Wildman–Crippen LogP) is 0.500. The number of hydrogen-bond acceptors (Lipinski definition) is 7. The maximum absolute atomic E-state index is 11.4. The van der Waals surface area contributed by atoms with Gasteiger partial charge in [-0.1, -0.05) is 4.49 Å². The molecule has 78 valence electrons. The normalized spacial score (nSPS) is 10.2. The van der Waals surface area contributed by atoms with Gasteiger partial charge in [0.1, 0.15) is 11.4 Å². The fourth-order valence-electron chi connectivity index (χ4n) is 1.02. The summed E-state index contributed by atoms with van der Waals surface area (Å²) in [7, 11) is 0. The van der Waals surface area contributed by atoms with Gasteiger partial charge in [0.15, 0.2) is 5.69 Å². The van der Waals surface area contributed by atoms with Crippen molar-refractivity contribution < 1.29 is 9.53 Å². The number of esters is 1. The highest BCUT2D eigenvalue weighted by molar-refractivity contribution is 7.03. The Hall–Kier alpha value is -1.83. The van der Waals surface area contributed by atoms with Crippen LogP contribution in [0, 0.1) is 0 Å². The molecule has 0 aliphatic heterocycles. The molecule has 0 saturated carbocycles. The van der Waals surface area contributed by atoms with E-state index in [9.17, 15) is 4.79 Å². The minimum atomic E-state index is -0.519. The second-order valence-corrected chi connectivity index (χ2v) is 3.14. The third-order valence-corrected chi connectivity index (χ3v) is 2.12. The highest BCUT2D eigenvalue weighted by Gasteiger charge is 2.20. The van der Waals surface area contributed by atoms with E-state index in [4.69, 9.17) is 4.74 Å². The number of aromatic amines is 1. The zero-order chi connectivity index (χ0) is 10.7. The predicted molar refractivity (Wildman–Crippen MR) is 51.2 cm³/mol. The van der Waals surface area contributed by atoms with Crippen molar-refractivity contribution in [3.63, 3.8) is 0 Å². The smallest absolute Gasteiger partial charge is 0.361 e. The van der Waals surface area contributed by atoms with Crippen molar-refractivity contribution in [1.29, 1.82) is 0 Å². The van der Waals surface area contributed by atoms with Crippen molar-refractivity contribution >= 4 is 17.5 Å². The molecule has 2 aromatic rings. The lowest BCUT2D eigenvalue weighted by atomic mass is 10.3. The van der Waals surface area contributed by atoms with Gasteiger partial charge in [-0.05, 0) is 18.5 Å². The standard InChI is InChI=1S/C7H7N5O2S/c1-2-14-7(13)6-5(9-11-10-6)4-3-15-12-8-4/h3H,2H2,1H3,(H,9,10,11). The first-order valence-corrected chi connectivity index (χ1v) is 5.02. The SMILES string of the molecule is CCOC(=O)c1n[nH]nc1-c1csnn1. The topological polar surface area (TPSA) is 93.7 Å². The van der Waals surface area contributed by atoms with Crippen LogP contribution >= 0.6 is 11.5 Å². The van der Waals surface area contributed by atoms with Crippen LogP contribution in [0.1, 0.15) is 17.4 Å². The monoisotopic (exact) mass is 225 g/mol. The Morgan fingerprint density at radius 2 is 2.47 bits per heavy atom. The highest BCUT2D eigenvalue weighted by Crippen LogP contribution is 2.18. The van der Waals surface area contributed by atoms with Gasteiger partial charge in [-0.25, -0.2) is 4.79 Å². The second-order valence-electron chi connectivity index (χ2n) is 2.53. The number of hydrogen-bond donors (Lipinski definition) is 1. The van der Waals surface area contributed by atoms with E-state index in [1.54, 1.807) is 12.3 Å². The van der Waals surface area contributed by atoms with Crippen LogP contribution in [0.4, 0.5) is 0 Å². The molecule has 0 amide bonds. The number of carbonyl (C=O) groups excluding carboxylic acids is 1. The first-order chi connectivity index (χ1) is 7.33. The molecule has 0 aromatic carbocycles. The molecule has 2 aromatic heterocycles. The molecule has 2 heterocycles. The van der Waals surface area contributed by atoms with E-state index in [2.05, 4.69) is 25.0 Å². The first kappa shape index (κ1) is 9.71. The van der Waals surface area contributed by atoms with Crippen LogP contribution in [0.3, 0.4) is 0 Å². The summed E-state index contributed by atoms with van der Waals surface area (Å²) in [5.74, 6) is -0.519. The first-order valence-electron chi connectivity index (χ1n) is 4.18. The summed E-state index contributed by atoms with van der Waals surface area (Å²) in [6.45, 7) is 2.02. The van der Waals surface area contributed by atoms with Crippen LogP contribution in [0.25, 0.3) is 11.4 Å². The average Bonchev–Trinajstić information content (AvgIpc) is 2.88. The van der Waals surface area contributed by atoms with Crippen LogP contribution in [-0.4, -0.2) is 37.6 Å². The maximum Gasteiger partial charge on any atom is 0.361 e. The fourth-order valence-corrected chi connectivity index (χ4v) is 1.46. The van der Waals surface area contributed by atoms with Crippen LogP contribution in [0.5, 0.6) is 0 Å². The molecule has 1 N–H and O–H groups in total. The van der Waals surface area contributed by atoms with Crippen molar-refractivity contribution in [2.75, 3.05) is 6.61 Å². The highest BCUT2D eigenvalue weighted by atomic mass is 32.1. The third-order valence-electron chi connectivity index (χ3n) is 1.62. The minimum Gasteiger partial charge on any atom is -0.461 e. The lowest BCUT2D eigenvalue weighted by Crippen LogP contribution is -2.06. The number of carbonyl (C=O) groups is 1. The number of ether oxygens (including phenoxy) is 1. The van der Waals surface area contributed by atoms with Gasteiger partial charge in [-0.15, -0.1) is 10.2 Å². The number of rotatable bonds is 3. The Bertz CT molecular complexity index is 452. The Kier molecular flexibility index (Phi) is 2.68. The van der Waals surface area contributed by atoms with Gasteiger partial charge in [0.25, 0.3) is 0 Å². The van der Waals surface area contributed by atoms with E-state index in [-0.39, 0.29) is 5.69 Å². The van der Waals surface area contributed by atoms with Gasteiger partial charge in [0.2, 0.25) is 0 Å². The van der Waals surface area contributed by atoms with Crippen molar-refractivity contribution in [2.45, 2.75) is 6.92 Å². The summed E-state index contributed by atoms with van der Waals surface area (Å²) in [5.41, 5.74) is 1.00. The molecule has 0 fully saturated rings. The van der Waals surface area contributed by atoms with Crippen molar-refractivity contribution in [3.05, 3.63) is 11.1 Å². The lowest BCUT2D eigenvalue weighted by molar-refractivity contribution is 0.0520. The number of nitrogens with one attached hydrogen (secondary N) is 1. The van der Waals surface area contributed by atoms with Crippen LogP contribution in [0.2, 0.25) is 0 Å². The van der Waals surface area contributed by atoms with Crippen LogP contribution in [0.15, 0.2) is 5.38 Å². The van der Waals surface area contributed by atoms with Crippen LogP contribution in [-0.2, 0) is 4.74 Å². The Morgan fingerprint density at radius 1 is 1.60 bits per heavy atom. The van der Waals surface area contributed by atoms with Gasteiger partial charge in [-0.3, -0.25) is 0 Å². The van der Waals surface area contributed by atoms with Gasteiger partial charge < -0.3 is 4.74 Å². The zero-order valence-corrected chi connectivity index (χ0v) is 8.61. The summed E-state index contributed by atoms with van der Waals surface area (Å²) in [4.78, 5) is 11.4. The summed E-state index contributed by atoms with van der Waals surface area (Å²) in [6.07, 6.45) is 0. The molecule has 0 atom stereocenters. The number of nitrogens with zero attached hydrogens (tertiary/aromatic N) is 4. The lowest BCUT2D eigenvalue weighted by Gasteiger charge is -1.97. The van der Waals surface area contributed by atoms with Gasteiger partial charge in [0.05, 0.1) is 6.61 Å². The molecule has 15 heavy (non-hydrogen) atoms. The van der Waals surface area contributed by atoms with Crippen molar-refractivity contribution in [1.82, 2.24) is 25.0 Å². The molecular formula is C7H7N5O2S. The summed E-state index contributed by atoms with van der Waals surface area (Å²) >= 11 is 1.18. The zero-order valence-electron chi connectivity index (χ0n) is 7.80. The molecule has 0 saturated heterocycles. The molecular weight excluding hydrogens is 218 g/mol. The molecule has 0 unspecified atom stereocenters. The van der Waals surface area contributed by atoms with Crippen molar-refractivity contribution in [3.8, 4) is 11.4 Å². The van der Waals surface area contributed by atoms with Gasteiger partial charge in [-0.2, -0.15) is 10.3 Å². The molecule has 0 aliphatic carbocycles. The molecule has 0 spiro atoms. The van der Waals surface area contributed by atoms with Crippen molar-refractivity contribution in [2.24, 2.45) is 0 Å². The number of H-pyrrole nitrogens is 1. The molecule has 0 radical (unpaired) electrons. The molecule has 2 rings (SSSR count). The quantitative estimate of drug-likeness (QED) is 0.764. The van der Waals surface area contributed by atoms with E-state index in [0.717, 1.165) is 0 Å². The van der Waals surface area contributed by atoms with E-state index in [1.807, 2.05) is 0 Å². The Balaban J connectivity index is 2.34. The Morgan fingerprint density at radius 3 is 3.13 bits per heavy atom. The minimum absolute atomic E-state index is 0.129. The summed E-state index contributed by atoms with van der Waals surface area (Å²) in [6, 6.07) is 0. The molecule has 0 aliphatic rings. The largest absolute Gasteiger partial charge is 0.461 e. The third kappa shape index (κ3) is 1.84. The van der Waals surface area contributed by atoms with E-state index in [0.29, 0.717) is 18.0 Å². The van der Waals surface area contributed by atoms with E-state index < -0.39 is 5.97 Å². The second kappa shape index (κ2) is 4.13. The van der Waals surface area contributed by atoms with Gasteiger partial charge >= 0.3 is 5.97 Å².